The van der Waals surface area contributed by atoms with Crippen LogP contribution in [0, 0.1) is 11.8 Å². The molecule has 1 N–H and O–H groups in total. The first-order valence-corrected chi connectivity index (χ1v) is 7.64. The van der Waals surface area contributed by atoms with Crippen LogP contribution >= 0.6 is 0 Å². The molecule has 22 heavy (non-hydrogen) atoms. The zero-order valence-corrected chi connectivity index (χ0v) is 13.1. The monoisotopic (exact) mass is 305 g/mol. The molecule has 1 fully saturated rings. The maximum Gasteiger partial charge on any atom is 0.338 e. The van der Waals surface area contributed by atoms with Crippen LogP contribution in [0.5, 0.6) is 0 Å². The van der Waals surface area contributed by atoms with E-state index in [-0.39, 0.29) is 19.1 Å². The van der Waals surface area contributed by atoms with Crippen molar-refractivity contribution in [1.82, 2.24) is 4.90 Å². The number of ether oxygens (including phenoxy) is 1. The van der Waals surface area contributed by atoms with Crippen LogP contribution in [0.4, 0.5) is 0 Å². The van der Waals surface area contributed by atoms with E-state index in [4.69, 9.17) is 9.84 Å². The van der Waals surface area contributed by atoms with Gasteiger partial charge in [-0.05, 0) is 36.0 Å². The molecule has 0 saturated carbocycles. The van der Waals surface area contributed by atoms with E-state index in [0.717, 1.165) is 25.1 Å². The minimum atomic E-state index is -0.518. The highest BCUT2D eigenvalue weighted by Gasteiger charge is 2.26. The Morgan fingerprint density at radius 3 is 2.32 bits per heavy atom. The van der Waals surface area contributed by atoms with Gasteiger partial charge in [0.05, 0.1) is 12.2 Å². The number of aliphatic hydroxyl groups excluding tert-OH is 1. The van der Waals surface area contributed by atoms with E-state index >= 15 is 0 Å². The molecule has 0 spiro atoms. The number of carbonyl (C=O) groups is 2. The molecule has 1 saturated heterocycles. The average Bonchev–Trinajstić information content (AvgIpc) is 2.51. The third-order valence-electron chi connectivity index (χ3n) is 3.92. The van der Waals surface area contributed by atoms with Gasteiger partial charge in [0.25, 0.3) is 5.91 Å². The Morgan fingerprint density at radius 1 is 1.18 bits per heavy atom. The summed E-state index contributed by atoms with van der Waals surface area (Å²) in [7, 11) is 0. The van der Waals surface area contributed by atoms with Gasteiger partial charge in [-0.1, -0.05) is 26.0 Å². The third-order valence-corrected chi connectivity index (χ3v) is 3.92. The van der Waals surface area contributed by atoms with Gasteiger partial charge < -0.3 is 14.7 Å². The smallest absolute Gasteiger partial charge is 0.338 e. The fourth-order valence-corrected chi connectivity index (χ4v) is 2.91. The summed E-state index contributed by atoms with van der Waals surface area (Å²) in [6.45, 7) is 5.42. The predicted octanol–water partition coefficient (Wildman–Crippen LogP) is 1.84. The van der Waals surface area contributed by atoms with Crippen molar-refractivity contribution in [1.29, 1.82) is 0 Å². The molecule has 0 aliphatic carbocycles. The molecule has 1 heterocycles. The maximum absolute atomic E-state index is 12.1. The fourth-order valence-electron chi connectivity index (χ4n) is 2.91. The number of rotatable bonds is 4. The van der Waals surface area contributed by atoms with Gasteiger partial charge in [-0.25, -0.2) is 4.79 Å². The van der Waals surface area contributed by atoms with E-state index in [0.29, 0.717) is 17.4 Å². The SMILES string of the molecule is C[C@@H]1C[C@H](C)CN(C(=O)COC(=O)c2ccc(CO)cc2)C1. The van der Waals surface area contributed by atoms with Crippen LogP contribution in [0.2, 0.25) is 0 Å². The number of piperidine rings is 1. The first-order valence-electron chi connectivity index (χ1n) is 7.64. The molecule has 1 aromatic rings. The molecule has 1 aliphatic rings. The van der Waals surface area contributed by atoms with Gasteiger partial charge in [-0.2, -0.15) is 0 Å². The van der Waals surface area contributed by atoms with Crippen LogP contribution in [0.3, 0.4) is 0 Å². The van der Waals surface area contributed by atoms with Gasteiger partial charge >= 0.3 is 5.97 Å². The van der Waals surface area contributed by atoms with Gasteiger partial charge in [0, 0.05) is 13.1 Å². The Bertz CT molecular complexity index is 516. The summed E-state index contributed by atoms with van der Waals surface area (Å²) in [5, 5.41) is 8.96. The Hall–Kier alpha value is -1.88. The number of esters is 1. The number of hydrogen-bond acceptors (Lipinski definition) is 4. The van der Waals surface area contributed by atoms with Gasteiger partial charge in [0.15, 0.2) is 6.61 Å². The number of likely N-dealkylation sites (tertiary alicyclic amines) is 1. The lowest BCUT2D eigenvalue weighted by Gasteiger charge is -2.34. The third kappa shape index (κ3) is 4.31. The number of benzene rings is 1. The Labute approximate surface area is 130 Å². The van der Waals surface area contributed by atoms with Crippen LogP contribution in [0.1, 0.15) is 36.2 Å². The van der Waals surface area contributed by atoms with Crippen LogP contribution in [0.15, 0.2) is 24.3 Å². The molecule has 2 atom stereocenters. The van der Waals surface area contributed by atoms with Crippen LogP contribution in [-0.4, -0.2) is 41.6 Å². The van der Waals surface area contributed by atoms with Gasteiger partial charge in [-0.3, -0.25) is 4.79 Å². The van der Waals surface area contributed by atoms with Crippen LogP contribution < -0.4 is 0 Å². The van der Waals surface area contributed by atoms with E-state index in [1.807, 2.05) is 0 Å². The molecule has 0 radical (unpaired) electrons. The number of amides is 1. The van der Waals surface area contributed by atoms with Crippen molar-refractivity contribution in [3.8, 4) is 0 Å². The first-order chi connectivity index (χ1) is 10.5. The largest absolute Gasteiger partial charge is 0.452 e. The number of nitrogens with zero attached hydrogens (tertiary/aromatic N) is 1. The summed E-state index contributed by atoms with van der Waals surface area (Å²) in [4.78, 5) is 25.8. The topological polar surface area (TPSA) is 66.8 Å². The highest BCUT2D eigenvalue weighted by atomic mass is 16.5. The summed E-state index contributed by atoms with van der Waals surface area (Å²) in [6.07, 6.45) is 1.13. The molecule has 1 amide bonds. The van der Waals surface area contributed by atoms with E-state index in [1.165, 1.54) is 0 Å². The molecule has 0 unspecified atom stereocenters. The Balaban J connectivity index is 1.85. The van der Waals surface area contributed by atoms with Crippen molar-refractivity contribution >= 4 is 11.9 Å². The molecule has 1 aromatic carbocycles. The fraction of sp³-hybridized carbons (Fsp3) is 0.529. The minimum absolute atomic E-state index is 0.0703. The number of aliphatic hydroxyl groups is 1. The average molecular weight is 305 g/mol. The second-order valence-corrected chi connectivity index (χ2v) is 6.18. The number of carbonyl (C=O) groups excluding carboxylic acids is 2. The molecule has 5 nitrogen and oxygen atoms in total. The predicted molar refractivity (Wildman–Crippen MR) is 82.2 cm³/mol. The lowest BCUT2D eigenvalue weighted by atomic mass is 9.92. The Morgan fingerprint density at radius 2 is 1.77 bits per heavy atom. The van der Waals surface area contributed by atoms with Gasteiger partial charge in [-0.15, -0.1) is 0 Å². The van der Waals surface area contributed by atoms with Gasteiger partial charge in [0.1, 0.15) is 0 Å². The van der Waals surface area contributed by atoms with Crippen molar-refractivity contribution in [2.75, 3.05) is 19.7 Å². The van der Waals surface area contributed by atoms with Crippen molar-refractivity contribution in [3.05, 3.63) is 35.4 Å². The van der Waals surface area contributed by atoms with Crippen LogP contribution in [0.25, 0.3) is 0 Å². The molecule has 0 bridgehead atoms. The van der Waals surface area contributed by atoms with E-state index in [1.54, 1.807) is 29.2 Å². The van der Waals surface area contributed by atoms with E-state index in [9.17, 15) is 9.59 Å². The second kappa shape index (κ2) is 7.40. The standard InChI is InChI=1S/C17H23NO4/c1-12-7-13(2)9-18(8-12)16(20)11-22-17(21)15-5-3-14(10-19)4-6-15/h3-6,12-13,19H,7-11H2,1-2H3/t12-,13+. The maximum atomic E-state index is 12.1. The van der Waals surface area contributed by atoms with Crippen molar-refractivity contribution < 1.29 is 19.4 Å². The lowest BCUT2D eigenvalue weighted by molar-refractivity contribution is -0.137. The minimum Gasteiger partial charge on any atom is -0.452 e. The molecule has 120 valence electrons. The highest BCUT2D eigenvalue weighted by Crippen LogP contribution is 2.21. The summed E-state index contributed by atoms with van der Waals surface area (Å²) in [5.41, 5.74) is 1.11. The van der Waals surface area contributed by atoms with E-state index < -0.39 is 5.97 Å². The zero-order chi connectivity index (χ0) is 16.1. The van der Waals surface area contributed by atoms with Crippen molar-refractivity contribution in [3.63, 3.8) is 0 Å². The molecule has 0 aromatic heterocycles. The normalized spacial score (nSPS) is 21.5. The van der Waals surface area contributed by atoms with E-state index in [2.05, 4.69) is 13.8 Å². The summed E-state index contributed by atoms with van der Waals surface area (Å²) in [5.74, 6) is 0.304. The van der Waals surface area contributed by atoms with Gasteiger partial charge in [0.2, 0.25) is 0 Å². The summed E-state index contributed by atoms with van der Waals surface area (Å²) in [6, 6.07) is 6.49. The summed E-state index contributed by atoms with van der Waals surface area (Å²) < 4.78 is 5.09. The molecule has 2 rings (SSSR count). The van der Waals surface area contributed by atoms with Crippen LogP contribution in [-0.2, 0) is 16.1 Å². The van der Waals surface area contributed by atoms with Crippen molar-refractivity contribution in [2.24, 2.45) is 11.8 Å². The Kier molecular flexibility index (Phi) is 5.55. The first kappa shape index (κ1) is 16.5. The quantitative estimate of drug-likeness (QED) is 0.862. The molecule has 5 heteroatoms. The molecular weight excluding hydrogens is 282 g/mol. The summed E-state index contributed by atoms with van der Waals surface area (Å²) >= 11 is 0. The zero-order valence-electron chi connectivity index (χ0n) is 13.1. The van der Waals surface area contributed by atoms with Crippen molar-refractivity contribution in [2.45, 2.75) is 26.9 Å². The molecule has 1 aliphatic heterocycles. The second-order valence-electron chi connectivity index (χ2n) is 6.18. The molecular formula is C17H23NO4. The lowest BCUT2D eigenvalue weighted by Crippen LogP contribution is -2.44. The highest BCUT2D eigenvalue weighted by molar-refractivity contribution is 5.91. The number of hydrogen-bond donors (Lipinski definition) is 1.